The number of nitrogens with zero attached hydrogens (tertiary/aromatic N) is 4. The number of hydrogen-bond acceptors (Lipinski definition) is 4. The maximum Gasteiger partial charge on any atom is 0.259 e. The van der Waals surface area contributed by atoms with E-state index in [1.165, 1.54) is 30.3 Å². The Morgan fingerprint density at radius 1 is 0.667 bits per heavy atom. The highest BCUT2D eigenvalue weighted by atomic mass is 19.1. The summed E-state index contributed by atoms with van der Waals surface area (Å²) >= 11 is 0. The lowest BCUT2D eigenvalue weighted by atomic mass is 9.77. The Kier molecular flexibility index (Phi) is 10.8. The van der Waals surface area contributed by atoms with E-state index in [9.17, 15) is 18.4 Å². The van der Waals surface area contributed by atoms with E-state index in [0.29, 0.717) is 28.6 Å². The summed E-state index contributed by atoms with van der Waals surface area (Å²) in [6, 6.07) is 42.9. The molecule has 2 aliphatic heterocycles. The maximum absolute atomic E-state index is 15.8. The Labute approximate surface area is 347 Å². The molecule has 7 aromatic rings. The first-order chi connectivity index (χ1) is 29.3. The molecule has 2 saturated heterocycles. The normalized spacial score (nSPS) is 15.8. The standard InChI is InChI=1S/C50H44F3N5O2/c51-40-28-35(29-41(52)32-40)27-34-20-23-46-44(30-34)47(55-58(46)50(37-13-4-1-5-14-37,38-15-6-2-7-16-38)39-17-8-3-9-18-39)54-48(59)43-31-36(21-22-45(43)53)49(60)57-26-12-19-42(57)33-56-24-10-11-25-56/h1-9,13-18,20-23,28-32,42H,10-12,19,24-27,33H2,(H,54,55,59). The smallest absolute Gasteiger partial charge is 0.259 e. The number of carbonyl (C=O) groups excluding carboxylic acids is 2. The summed E-state index contributed by atoms with van der Waals surface area (Å²) < 4.78 is 46.3. The van der Waals surface area contributed by atoms with Crippen LogP contribution < -0.4 is 5.32 Å². The molecule has 7 nitrogen and oxygen atoms in total. The topological polar surface area (TPSA) is 70.5 Å². The van der Waals surface area contributed by atoms with Gasteiger partial charge in [-0.25, -0.2) is 17.9 Å². The third-order valence-corrected chi connectivity index (χ3v) is 12.0. The van der Waals surface area contributed by atoms with Crippen LogP contribution >= 0.6 is 0 Å². The third kappa shape index (κ3) is 7.47. The molecule has 0 bridgehead atoms. The predicted molar refractivity (Wildman–Crippen MR) is 228 cm³/mol. The van der Waals surface area contributed by atoms with Gasteiger partial charge in [-0.2, -0.15) is 5.10 Å². The van der Waals surface area contributed by atoms with Crippen molar-refractivity contribution in [3.8, 4) is 0 Å². The van der Waals surface area contributed by atoms with E-state index in [2.05, 4.69) is 10.2 Å². The van der Waals surface area contributed by atoms with Crippen molar-refractivity contribution in [1.29, 1.82) is 0 Å². The van der Waals surface area contributed by atoms with Gasteiger partial charge >= 0.3 is 0 Å². The fraction of sp³-hybridized carbons (Fsp3) is 0.220. The molecule has 0 radical (unpaired) electrons. The number of anilines is 1. The monoisotopic (exact) mass is 803 g/mol. The van der Waals surface area contributed by atoms with Crippen molar-refractivity contribution in [1.82, 2.24) is 19.6 Å². The van der Waals surface area contributed by atoms with Crippen molar-refractivity contribution in [3.63, 3.8) is 0 Å². The van der Waals surface area contributed by atoms with Gasteiger partial charge in [-0.15, -0.1) is 0 Å². The minimum atomic E-state index is -1.07. The van der Waals surface area contributed by atoms with Crippen molar-refractivity contribution in [3.05, 3.63) is 202 Å². The van der Waals surface area contributed by atoms with Crippen LogP contribution in [-0.2, 0) is 12.0 Å². The molecule has 2 fully saturated rings. The summed E-state index contributed by atoms with van der Waals surface area (Å²) in [6.07, 6.45) is 4.30. The van der Waals surface area contributed by atoms with Gasteiger partial charge in [0.2, 0.25) is 0 Å². The van der Waals surface area contributed by atoms with Gasteiger partial charge < -0.3 is 15.1 Å². The fourth-order valence-electron chi connectivity index (χ4n) is 9.21. The second-order valence-electron chi connectivity index (χ2n) is 15.8. The van der Waals surface area contributed by atoms with Crippen LogP contribution in [0.1, 0.15) is 74.2 Å². The van der Waals surface area contributed by atoms with Crippen molar-refractivity contribution in [2.75, 3.05) is 31.5 Å². The van der Waals surface area contributed by atoms with E-state index in [1.807, 2.05) is 119 Å². The summed E-state index contributed by atoms with van der Waals surface area (Å²) in [5.74, 6) is -2.98. The zero-order chi connectivity index (χ0) is 41.2. The summed E-state index contributed by atoms with van der Waals surface area (Å²) in [7, 11) is 0. The number of aromatic nitrogens is 2. The number of carbonyl (C=O) groups is 2. The van der Waals surface area contributed by atoms with Crippen LogP contribution in [0.2, 0.25) is 0 Å². The maximum atomic E-state index is 15.8. The lowest BCUT2D eigenvalue weighted by molar-refractivity contribution is 0.0708. The van der Waals surface area contributed by atoms with Crippen molar-refractivity contribution in [2.45, 2.75) is 43.7 Å². The molecule has 0 aliphatic carbocycles. The van der Waals surface area contributed by atoms with E-state index in [0.717, 1.165) is 68.1 Å². The van der Waals surface area contributed by atoms with Crippen LogP contribution in [0.15, 0.2) is 146 Å². The SMILES string of the molecule is O=C(Nc1nn(C(c2ccccc2)(c2ccccc2)c2ccccc2)c2ccc(Cc3cc(F)cc(F)c3)cc12)c1cc(C(=O)N2CCCC2CN2CCCC2)ccc1F. The number of halogens is 3. The zero-order valence-corrected chi connectivity index (χ0v) is 33.0. The van der Waals surface area contributed by atoms with Gasteiger partial charge in [0.05, 0.1) is 11.1 Å². The van der Waals surface area contributed by atoms with Crippen molar-refractivity contribution < 1.29 is 22.8 Å². The molecule has 302 valence electrons. The fourth-order valence-corrected chi connectivity index (χ4v) is 9.21. The Morgan fingerprint density at radius 2 is 1.28 bits per heavy atom. The highest BCUT2D eigenvalue weighted by Crippen LogP contribution is 2.44. The summed E-state index contributed by atoms with van der Waals surface area (Å²) in [6.45, 7) is 3.47. The molecule has 60 heavy (non-hydrogen) atoms. The number of rotatable bonds is 11. The molecule has 2 aliphatic rings. The second kappa shape index (κ2) is 16.6. The molecular formula is C50H44F3N5O2. The van der Waals surface area contributed by atoms with Gasteiger partial charge in [-0.3, -0.25) is 9.59 Å². The highest BCUT2D eigenvalue weighted by Gasteiger charge is 2.41. The number of fused-ring (bicyclic) bond motifs is 1. The second-order valence-corrected chi connectivity index (χ2v) is 15.8. The quantitative estimate of drug-likeness (QED) is 0.132. The molecular weight excluding hydrogens is 760 g/mol. The molecule has 1 atom stereocenters. The van der Waals surface area contributed by atoms with E-state index in [1.54, 1.807) is 0 Å². The van der Waals surface area contributed by atoms with E-state index in [-0.39, 0.29) is 35.3 Å². The minimum Gasteiger partial charge on any atom is -0.334 e. The average molecular weight is 804 g/mol. The van der Waals surface area contributed by atoms with Crippen LogP contribution in [0.25, 0.3) is 10.9 Å². The number of benzene rings is 6. The van der Waals surface area contributed by atoms with Crippen LogP contribution in [0.5, 0.6) is 0 Å². The van der Waals surface area contributed by atoms with Gasteiger partial charge in [-0.1, -0.05) is 97.1 Å². The van der Waals surface area contributed by atoms with E-state index in [4.69, 9.17) is 5.10 Å². The molecule has 3 heterocycles. The Morgan fingerprint density at radius 3 is 1.90 bits per heavy atom. The van der Waals surface area contributed by atoms with Crippen LogP contribution in [-0.4, -0.2) is 63.6 Å². The number of hydrogen-bond donors (Lipinski definition) is 1. The molecule has 6 aromatic carbocycles. The first kappa shape index (κ1) is 39.0. The highest BCUT2D eigenvalue weighted by molar-refractivity contribution is 6.09. The predicted octanol–water partition coefficient (Wildman–Crippen LogP) is 9.84. The Bertz CT molecular complexity index is 2550. The van der Waals surface area contributed by atoms with E-state index < -0.39 is 28.9 Å². The summed E-state index contributed by atoms with van der Waals surface area (Å²) in [4.78, 5) is 32.6. The van der Waals surface area contributed by atoms with Gasteiger partial charge in [0.15, 0.2) is 5.82 Å². The van der Waals surface area contributed by atoms with E-state index >= 15 is 4.39 Å². The van der Waals surface area contributed by atoms with Crippen LogP contribution in [0.3, 0.4) is 0 Å². The Balaban J connectivity index is 1.16. The summed E-state index contributed by atoms with van der Waals surface area (Å²) in [5.41, 5.74) is 3.34. The minimum absolute atomic E-state index is 0.0606. The van der Waals surface area contributed by atoms with Crippen LogP contribution in [0, 0.1) is 17.5 Å². The molecule has 1 unspecified atom stereocenters. The summed E-state index contributed by atoms with van der Waals surface area (Å²) in [5, 5.41) is 8.66. The molecule has 0 spiro atoms. The molecule has 1 N–H and O–H groups in total. The first-order valence-corrected chi connectivity index (χ1v) is 20.6. The third-order valence-electron chi connectivity index (χ3n) is 12.0. The van der Waals surface area contributed by atoms with Gasteiger partial charge in [-0.05, 0) is 115 Å². The first-order valence-electron chi connectivity index (χ1n) is 20.6. The van der Waals surface area contributed by atoms with Crippen molar-refractivity contribution >= 4 is 28.5 Å². The Hall–Kier alpha value is -6.52. The zero-order valence-electron chi connectivity index (χ0n) is 33.0. The van der Waals surface area contributed by atoms with Gasteiger partial charge in [0.1, 0.15) is 23.0 Å². The number of amides is 2. The number of nitrogens with one attached hydrogen (secondary N) is 1. The number of likely N-dealkylation sites (tertiary alicyclic amines) is 2. The van der Waals surface area contributed by atoms with Gasteiger partial charge in [0.25, 0.3) is 11.8 Å². The lowest BCUT2D eigenvalue weighted by Gasteiger charge is -2.37. The molecule has 0 saturated carbocycles. The van der Waals surface area contributed by atoms with Crippen LogP contribution in [0.4, 0.5) is 19.0 Å². The van der Waals surface area contributed by atoms with Gasteiger partial charge in [0, 0.05) is 36.1 Å². The lowest BCUT2D eigenvalue weighted by Crippen LogP contribution is -2.42. The largest absolute Gasteiger partial charge is 0.334 e. The average Bonchev–Trinajstić information content (AvgIpc) is 4.04. The van der Waals surface area contributed by atoms with Crippen molar-refractivity contribution in [2.24, 2.45) is 0 Å². The molecule has 2 amide bonds. The molecule has 9 rings (SSSR count). The molecule has 10 heteroatoms. The molecule has 1 aromatic heterocycles.